The summed E-state index contributed by atoms with van der Waals surface area (Å²) in [7, 11) is 0. The van der Waals surface area contributed by atoms with Crippen LogP contribution in [-0.2, 0) is 13.0 Å². The van der Waals surface area contributed by atoms with Crippen LogP contribution in [-0.4, -0.2) is 23.6 Å². The molecule has 3 nitrogen and oxygen atoms in total. The summed E-state index contributed by atoms with van der Waals surface area (Å²) in [6, 6.07) is 5.75. The summed E-state index contributed by atoms with van der Waals surface area (Å²) in [5.41, 5.74) is 2.56. The van der Waals surface area contributed by atoms with Crippen molar-refractivity contribution in [2.24, 2.45) is 0 Å². The topological polar surface area (TPSA) is 28.2 Å². The number of pyridine rings is 1. The van der Waals surface area contributed by atoms with Gasteiger partial charge in [-0.2, -0.15) is 0 Å². The van der Waals surface area contributed by atoms with Crippen molar-refractivity contribution < 1.29 is 0 Å². The third-order valence-corrected chi connectivity index (χ3v) is 3.62. The first-order valence-corrected chi connectivity index (χ1v) is 7.63. The van der Waals surface area contributed by atoms with E-state index < -0.39 is 0 Å². The van der Waals surface area contributed by atoms with E-state index in [1.54, 1.807) is 0 Å². The van der Waals surface area contributed by atoms with Gasteiger partial charge in [0.15, 0.2) is 0 Å². The van der Waals surface area contributed by atoms with Crippen LogP contribution in [0.1, 0.15) is 51.8 Å². The van der Waals surface area contributed by atoms with E-state index >= 15 is 0 Å². The van der Waals surface area contributed by atoms with Crippen molar-refractivity contribution in [1.82, 2.24) is 10.3 Å². The first-order chi connectivity index (χ1) is 9.13. The lowest BCUT2D eigenvalue weighted by atomic mass is 10.1. The molecule has 0 aliphatic heterocycles. The molecule has 1 aliphatic carbocycles. The Morgan fingerprint density at radius 3 is 2.58 bits per heavy atom. The lowest BCUT2D eigenvalue weighted by molar-refractivity contribution is 0.588. The van der Waals surface area contributed by atoms with Crippen LogP contribution in [0.15, 0.2) is 12.1 Å². The van der Waals surface area contributed by atoms with Crippen molar-refractivity contribution in [1.29, 1.82) is 0 Å². The van der Waals surface area contributed by atoms with Gasteiger partial charge in [0.25, 0.3) is 0 Å². The van der Waals surface area contributed by atoms with E-state index in [9.17, 15) is 0 Å². The molecular formula is C16H27N3. The van der Waals surface area contributed by atoms with Gasteiger partial charge in [-0.1, -0.05) is 20.8 Å². The number of rotatable bonds is 7. The largest absolute Gasteiger partial charge is 0.354 e. The standard InChI is InChI=1S/C16H27N3/c1-5-14-9-13(11-17-12(3)4)10-16(18-14)19(6-2)15-7-8-15/h9-10,12,15,17H,5-8,11H2,1-4H3. The van der Waals surface area contributed by atoms with Crippen LogP contribution in [0.3, 0.4) is 0 Å². The van der Waals surface area contributed by atoms with Gasteiger partial charge >= 0.3 is 0 Å². The van der Waals surface area contributed by atoms with Gasteiger partial charge in [0, 0.05) is 30.9 Å². The highest BCUT2D eigenvalue weighted by Gasteiger charge is 2.29. The summed E-state index contributed by atoms with van der Waals surface area (Å²) in [5, 5.41) is 3.50. The second-order valence-corrected chi connectivity index (χ2v) is 5.73. The summed E-state index contributed by atoms with van der Waals surface area (Å²) < 4.78 is 0. The molecule has 1 aliphatic rings. The average molecular weight is 261 g/mol. The summed E-state index contributed by atoms with van der Waals surface area (Å²) in [5.74, 6) is 1.17. The zero-order chi connectivity index (χ0) is 13.8. The quantitative estimate of drug-likeness (QED) is 0.817. The summed E-state index contributed by atoms with van der Waals surface area (Å²) >= 11 is 0. The van der Waals surface area contributed by atoms with E-state index in [0.717, 1.165) is 25.6 Å². The van der Waals surface area contributed by atoms with Crippen molar-refractivity contribution in [2.45, 2.75) is 65.6 Å². The summed E-state index contributed by atoms with van der Waals surface area (Å²) in [6.45, 7) is 10.8. The number of nitrogens with one attached hydrogen (secondary N) is 1. The predicted octanol–water partition coefficient (Wildman–Crippen LogP) is 3.13. The number of aryl methyl sites for hydroxylation is 1. The van der Waals surface area contributed by atoms with Crippen molar-refractivity contribution in [3.63, 3.8) is 0 Å². The highest BCUT2D eigenvalue weighted by Crippen LogP contribution is 2.31. The van der Waals surface area contributed by atoms with Crippen molar-refractivity contribution >= 4 is 5.82 Å². The molecule has 1 aromatic heterocycles. The minimum atomic E-state index is 0.521. The van der Waals surface area contributed by atoms with Crippen molar-refractivity contribution in [3.8, 4) is 0 Å². The Morgan fingerprint density at radius 1 is 1.32 bits per heavy atom. The molecule has 0 saturated heterocycles. The highest BCUT2D eigenvalue weighted by atomic mass is 15.2. The minimum Gasteiger partial charge on any atom is -0.354 e. The van der Waals surface area contributed by atoms with Crippen LogP contribution >= 0.6 is 0 Å². The van der Waals surface area contributed by atoms with Crippen molar-refractivity contribution in [3.05, 3.63) is 23.4 Å². The third-order valence-electron chi connectivity index (χ3n) is 3.62. The number of hydrogen-bond acceptors (Lipinski definition) is 3. The van der Waals surface area contributed by atoms with Crippen molar-refractivity contribution in [2.75, 3.05) is 11.4 Å². The predicted molar refractivity (Wildman–Crippen MR) is 81.6 cm³/mol. The zero-order valence-corrected chi connectivity index (χ0v) is 12.7. The van der Waals surface area contributed by atoms with Crippen LogP contribution in [0, 0.1) is 0 Å². The fourth-order valence-corrected chi connectivity index (χ4v) is 2.38. The van der Waals surface area contributed by atoms with Gasteiger partial charge in [-0.3, -0.25) is 0 Å². The molecule has 1 heterocycles. The fourth-order valence-electron chi connectivity index (χ4n) is 2.38. The molecule has 0 unspecified atom stereocenters. The lowest BCUT2D eigenvalue weighted by Crippen LogP contribution is -2.27. The van der Waals surface area contributed by atoms with E-state index in [-0.39, 0.29) is 0 Å². The molecule has 2 rings (SSSR count). The smallest absolute Gasteiger partial charge is 0.129 e. The van der Waals surface area contributed by atoms with Crippen LogP contribution < -0.4 is 10.2 Å². The first-order valence-electron chi connectivity index (χ1n) is 7.63. The van der Waals surface area contributed by atoms with Crippen LogP contribution in [0.4, 0.5) is 5.82 Å². The molecule has 0 bridgehead atoms. The maximum atomic E-state index is 4.81. The third kappa shape index (κ3) is 3.93. The maximum absolute atomic E-state index is 4.81. The van der Waals surface area contributed by atoms with Gasteiger partial charge < -0.3 is 10.2 Å². The Kier molecular flexibility index (Phi) is 4.81. The molecule has 3 heteroatoms. The van der Waals surface area contributed by atoms with E-state index in [0.29, 0.717) is 6.04 Å². The summed E-state index contributed by atoms with van der Waals surface area (Å²) in [4.78, 5) is 7.27. The molecule has 1 N–H and O–H groups in total. The maximum Gasteiger partial charge on any atom is 0.129 e. The monoisotopic (exact) mass is 261 g/mol. The number of anilines is 1. The Morgan fingerprint density at radius 2 is 2.05 bits per heavy atom. The molecule has 0 atom stereocenters. The normalized spacial score (nSPS) is 15.0. The number of aromatic nitrogens is 1. The Bertz CT molecular complexity index is 410. The second kappa shape index (κ2) is 6.38. The Balaban J connectivity index is 2.19. The molecule has 1 aromatic rings. The van der Waals surface area contributed by atoms with Gasteiger partial charge in [0.2, 0.25) is 0 Å². The minimum absolute atomic E-state index is 0.521. The second-order valence-electron chi connectivity index (χ2n) is 5.73. The molecule has 0 spiro atoms. The fraction of sp³-hybridized carbons (Fsp3) is 0.688. The van der Waals surface area contributed by atoms with Crippen LogP contribution in [0.2, 0.25) is 0 Å². The van der Waals surface area contributed by atoms with Gasteiger partial charge in [0.1, 0.15) is 5.82 Å². The van der Waals surface area contributed by atoms with E-state index in [4.69, 9.17) is 4.98 Å². The molecule has 0 radical (unpaired) electrons. The average Bonchev–Trinajstić information content (AvgIpc) is 3.21. The van der Waals surface area contributed by atoms with Gasteiger partial charge in [-0.05, 0) is 43.9 Å². The van der Waals surface area contributed by atoms with E-state index in [2.05, 4.69) is 50.0 Å². The molecule has 106 valence electrons. The van der Waals surface area contributed by atoms with E-state index in [1.807, 2.05) is 0 Å². The van der Waals surface area contributed by atoms with Crippen LogP contribution in [0.25, 0.3) is 0 Å². The molecule has 19 heavy (non-hydrogen) atoms. The molecule has 1 fully saturated rings. The highest BCUT2D eigenvalue weighted by molar-refractivity contribution is 5.45. The van der Waals surface area contributed by atoms with Gasteiger partial charge in [0.05, 0.1) is 0 Å². The molecule has 1 saturated carbocycles. The van der Waals surface area contributed by atoms with Gasteiger partial charge in [-0.15, -0.1) is 0 Å². The van der Waals surface area contributed by atoms with Gasteiger partial charge in [-0.25, -0.2) is 4.98 Å². The number of nitrogens with zero attached hydrogens (tertiary/aromatic N) is 2. The Labute approximate surface area is 117 Å². The first kappa shape index (κ1) is 14.3. The summed E-state index contributed by atoms with van der Waals surface area (Å²) in [6.07, 6.45) is 3.65. The van der Waals surface area contributed by atoms with Crippen LogP contribution in [0.5, 0.6) is 0 Å². The van der Waals surface area contributed by atoms with E-state index in [1.165, 1.54) is 29.9 Å². The molecular weight excluding hydrogens is 234 g/mol. The SMILES string of the molecule is CCc1cc(CNC(C)C)cc(N(CC)C2CC2)n1. The number of hydrogen-bond donors (Lipinski definition) is 1. The molecule has 0 amide bonds. The zero-order valence-electron chi connectivity index (χ0n) is 12.7. The molecule has 0 aromatic carbocycles. The Hall–Kier alpha value is -1.09. The lowest BCUT2D eigenvalue weighted by Gasteiger charge is -2.23.